The maximum atomic E-state index is 13.1. The quantitative estimate of drug-likeness (QED) is 0.359. The zero-order valence-electron chi connectivity index (χ0n) is 19.5. The van der Waals surface area contributed by atoms with Crippen molar-refractivity contribution in [2.45, 2.75) is 65.3 Å². The van der Waals surface area contributed by atoms with E-state index >= 15 is 0 Å². The van der Waals surface area contributed by atoms with E-state index in [2.05, 4.69) is 5.32 Å². The highest BCUT2D eigenvalue weighted by atomic mass is 16.3. The van der Waals surface area contributed by atoms with Gasteiger partial charge in [0.05, 0.1) is 5.56 Å². The first kappa shape index (κ1) is 24.5. The number of benzene rings is 1. The largest absolute Gasteiger partial charge is 0.507 e. The van der Waals surface area contributed by atoms with Gasteiger partial charge in [-0.1, -0.05) is 41.5 Å². The van der Waals surface area contributed by atoms with Crippen LogP contribution >= 0.6 is 0 Å². The molecule has 0 aliphatic carbocycles. The highest BCUT2D eigenvalue weighted by Crippen LogP contribution is 2.39. The molecule has 0 aliphatic rings. The van der Waals surface area contributed by atoms with Crippen LogP contribution < -0.4 is 9.88 Å². The van der Waals surface area contributed by atoms with E-state index in [4.69, 9.17) is 5.11 Å². The summed E-state index contributed by atoms with van der Waals surface area (Å²) >= 11 is 0. The number of nitrogens with zero attached hydrogens (tertiary/aromatic N) is 1. The van der Waals surface area contributed by atoms with Crippen molar-refractivity contribution in [1.82, 2.24) is 5.32 Å². The molecule has 0 spiro atoms. The van der Waals surface area contributed by atoms with Crippen molar-refractivity contribution in [2.24, 2.45) is 0 Å². The number of carbonyl (C=O) groups is 2. The molecule has 6 heteroatoms. The van der Waals surface area contributed by atoms with Gasteiger partial charge in [0.25, 0.3) is 5.91 Å². The maximum Gasteiger partial charge on any atom is 0.251 e. The van der Waals surface area contributed by atoms with Gasteiger partial charge < -0.3 is 15.5 Å². The number of nitrogens with one attached hydrogen (secondary N) is 1. The molecule has 168 valence electrons. The smallest absolute Gasteiger partial charge is 0.251 e. The number of hydrogen-bond acceptors (Lipinski definition) is 4. The fraction of sp³-hybridized carbons (Fsp3) is 0.480. The number of phenols is 1. The Morgan fingerprint density at radius 3 is 1.90 bits per heavy atom. The lowest BCUT2D eigenvalue weighted by Gasteiger charge is -2.27. The van der Waals surface area contributed by atoms with E-state index in [1.807, 2.05) is 41.5 Å². The highest BCUT2D eigenvalue weighted by Gasteiger charge is 2.28. The summed E-state index contributed by atoms with van der Waals surface area (Å²) in [6, 6.07) is 6.91. The van der Waals surface area contributed by atoms with Crippen LogP contribution in [0.4, 0.5) is 0 Å². The van der Waals surface area contributed by atoms with Gasteiger partial charge in [0.15, 0.2) is 12.4 Å². The molecule has 3 N–H and O–H groups in total. The summed E-state index contributed by atoms with van der Waals surface area (Å²) in [5.74, 6) is -0.0305. The van der Waals surface area contributed by atoms with Gasteiger partial charge in [-0.25, -0.2) is 0 Å². The molecule has 0 aliphatic heterocycles. The predicted molar refractivity (Wildman–Crippen MR) is 121 cm³/mol. The van der Waals surface area contributed by atoms with Crippen LogP contribution in [0.15, 0.2) is 36.7 Å². The third-order valence-electron chi connectivity index (χ3n) is 5.15. The van der Waals surface area contributed by atoms with Gasteiger partial charge in [-0.2, -0.15) is 4.57 Å². The summed E-state index contributed by atoms with van der Waals surface area (Å²) in [7, 11) is 0. The van der Waals surface area contributed by atoms with Gasteiger partial charge in [0.1, 0.15) is 5.75 Å². The number of carbonyl (C=O) groups excluding carboxylic acids is 2. The lowest BCUT2D eigenvalue weighted by Crippen LogP contribution is -2.38. The van der Waals surface area contributed by atoms with Crippen LogP contribution in [-0.2, 0) is 17.4 Å². The molecule has 0 unspecified atom stereocenters. The Kier molecular flexibility index (Phi) is 7.60. The Balaban J connectivity index is 2.26. The van der Waals surface area contributed by atoms with E-state index in [9.17, 15) is 14.7 Å². The molecule has 0 saturated heterocycles. The van der Waals surface area contributed by atoms with Crippen molar-refractivity contribution < 1.29 is 24.4 Å². The minimum absolute atomic E-state index is 0.0301. The number of ketones is 1. The van der Waals surface area contributed by atoms with E-state index in [1.165, 1.54) is 0 Å². The monoisotopic (exact) mass is 427 g/mol. The number of Topliss-reactive ketones (excluding diaryl/α,β-unsaturated/α-hetero) is 1. The van der Waals surface area contributed by atoms with Crippen LogP contribution in [0.1, 0.15) is 79.8 Å². The van der Waals surface area contributed by atoms with Crippen LogP contribution in [0.25, 0.3) is 0 Å². The Morgan fingerprint density at radius 2 is 1.45 bits per heavy atom. The molecule has 1 amide bonds. The summed E-state index contributed by atoms with van der Waals surface area (Å²) in [6.45, 7) is 12.7. The Hall–Kier alpha value is -2.73. The fourth-order valence-electron chi connectivity index (χ4n) is 3.29. The summed E-state index contributed by atoms with van der Waals surface area (Å²) in [5.41, 5.74) is 1.95. The lowest BCUT2D eigenvalue weighted by atomic mass is 9.78. The number of aromatic hydroxyl groups is 1. The molecule has 2 rings (SSSR count). The van der Waals surface area contributed by atoms with E-state index < -0.39 is 0 Å². The Labute approximate surface area is 184 Å². The molecule has 0 saturated carbocycles. The van der Waals surface area contributed by atoms with Gasteiger partial charge in [-0.3, -0.25) is 9.59 Å². The molecule has 1 aromatic heterocycles. The predicted octanol–water partition coefficient (Wildman–Crippen LogP) is 3.27. The Morgan fingerprint density at radius 1 is 0.935 bits per heavy atom. The molecular weight excluding hydrogens is 392 g/mol. The molecule has 31 heavy (non-hydrogen) atoms. The molecule has 0 bridgehead atoms. The fourth-order valence-corrected chi connectivity index (χ4v) is 3.29. The van der Waals surface area contributed by atoms with Crippen molar-refractivity contribution in [3.8, 4) is 5.75 Å². The van der Waals surface area contributed by atoms with Crippen LogP contribution in [-0.4, -0.2) is 35.1 Å². The highest BCUT2D eigenvalue weighted by molar-refractivity contribution is 5.96. The summed E-state index contributed by atoms with van der Waals surface area (Å²) in [5, 5.41) is 22.4. The first-order valence-electron chi connectivity index (χ1n) is 10.6. The zero-order valence-corrected chi connectivity index (χ0v) is 19.5. The number of phenolic OH excluding ortho intramolecular Hbond substituents is 1. The van der Waals surface area contributed by atoms with Crippen LogP contribution in [0.2, 0.25) is 0 Å². The second-order valence-corrected chi connectivity index (χ2v) is 9.94. The van der Waals surface area contributed by atoms with Gasteiger partial charge in [0, 0.05) is 42.0 Å². The molecule has 1 aromatic carbocycles. The number of amides is 1. The molecule has 0 fully saturated rings. The average molecular weight is 428 g/mol. The van der Waals surface area contributed by atoms with Crippen molar-refractivity contribution in [3.63, 3.8) is 0 Å². The van der Waals surface area contributed by atoms with Crippen LogP contribution in [0.3, 0.4) is 0 Å². The molecule has 2 aromatic rings. The van der Waals surface area contributed by atoms with Crippen molar-refractivity contribution in [1.29, 1.82) is 0 Å². The number of aliphatic hydroxyl groups excluding tert-OH is 1. The van der Waals surface area contributed by atoms with E-state index in [1.54, 1.807) is 41.2 Å². The zero-order chi connectivity index (χ0) is 23.4. The van der Waals surface area contributed by atoms with Gasteiger partial charge in [-0.15, -0.1) is 0 Å². The van der Waals surface area contributed by atoms with Gasteiger partial charge >= 0.3 is 0 Å². The topological polar surface area (TPSA) is 90.5 Å². The van der Waals surface area contributed by atoms with E-state index in [0.717, 1.165) is 11.1 Å². The maximum absolute atomic E-state index is 13.1. The number of aliphatic hydroxyl groups is 1. The standard InChI is InChI=1S/C25H34N2O4/c1-24(2,3)19-14-18(15-20(22(19)30)25(4,5)6)21(29)16-27-11-8-17(9-12-27)23(31)26-10-7-13-28/h8-9,11-12,14-15,28H,7,10,13,16H2,1-6H3,(H-,26,29,30,31)/p+1. The van der Waals surface area contributed by atoms with Crippen molar-refractivity contribution in [2.75, 3.05) is 13.2 Å². The van der Waals surface area contributed by atoms with Gasteiger partial charge in [-0.05, 0) is 29.4 Å². The average Bonchev–Trinajstić information content (AvgIpc) is 2.67. The minimum atomic E-state index is -0.307. The lowest BCUT2D eigenvalue weighted by molar-refractivity contribution is -0.683. The summed E-state index contributed by atoms with van der Waals surface area (Å²) < 4.78 is 1.73. The second kappa shape index (κ2) is 9.60. The second-order valence-electron chi connectivity index (χ2n) is 9.94. The Bertz CT molecular complexity index is 900. The van der Waals surface area contributed by atoms with Crippen molar-refractivity contribution in [3.05, 3.63) is 58.9 Å². The SMILES string of the molecule is CC(C)(C)c1cc(C(=O)C[n+]2ccc(C(=O)NCCCO)cc2)cc(C(C)(C)C)c1O. The molecule has 6 nitrogen and oxygen atoms in total. The summed E-state index contributed by atoms with van der Waals surface area (Å²) in [4.78, 5) is 25.1. The van der Waals surface area contributed by atoms with Gasteiger partial charge in [0.2, 0.25) is 12.3 Å². The number of rotatable bonds is 7. The first-order valence-corrected chi connectivity index (χ1v) is 10.6. The molecular formula is C25H35N2O4+. The molecule has 0 atom stereocenters. The first-order chi connectivity index (χ1) is 14.3. The van der Waals surface area contributed by atoms with Crippen LogP contribution in [0, 0.1) is 0 Å². The third kappa shape index (κ3) is 6.37. The number of pyridine rings is 1. The molecule has 0 radical (unpaired) electrons. The van der Waals surface area contributed by atoms with E-state index in [-0.39, 0.29) is 41.4 Å². The van der Waals surface area contributed by atoms with E-state index in [0.29, 0.717) is 24.1 Å². The minimum Gasteiger partial charge on any atom is -0.507 e. The number of aromatic nitrogens is 1. The normalized spacial score (nSPS) is 12.0. The molecule has 1 heterocycles. The number of hydrogen-bond donors (Lipinski definition) is 3. The van der Waals surface area contributed by atoms with Crippen molar-refractivity contribution >= 4 is 11.7 Å². The summed E-state index contributed by atoms with van der Waals surface area (Å²) in [6.07, 6.45) is 3.91. The van der Waals surface area contributed by atoms with Crippen LogP contribution in [0.5, 0.6) is 5.75 Å². The third-order valence-corrected chi connectivity index (χ3v) is 5.15.